The zero-order valence-corrected chi connectivity index (χ0v) is 15.0. The number of aryl methyl sites for hydroxylation is 2. The van der Waals surface area contributed by atoms with Crippen molar-refractivity contribution in [3.63, 3.8) is 0 Å². The van der Waals surface area contributed by atoms with Crippen LogP contribution in [-0.2, 0) is 22.4 Å². The van der Waals surface area contributed by atoms with Crippen molar-refractivity contribution in [3.8, 4) is 0 Å². The fraction of sp³-hybridized carbons (Fsp3) is 0.333. The Morgan fingerprint density at radius 3 is 2.60 bits per heavy atom. The SMILES string of the molecule is CC(=O)C1=C(c2ccc3c(c2)CCCC3)N(C(C)=O)n2cnnc2S1. The molecule has 0 N–H and O–H groups in total. The van der Waals surface area contributed by atoms with E-state index in [1.165, 1.54) is 60.9 Å². The summed E-state index contributed by atoms with van der Waals surface area (Å²) in [6.07, 6.45) is 6.02. The van der Waals surface area contributed by atoms with E-state index in [0.717, 1.165) is 18.4 Å². The maximum absolute atomic E-state index is 12.4. The standard InChI is InChI=1S/C18H18N4O2S/c1-11(23)17-16(15-8-7-13-5-3-4-6-14(13)9-15)22(12(2)24)21-10-19-20-18(21)25-17/h7-10H,3-6H2,1-2H3. The summed E-state index contributed by atoms with van der Waals surface area (Å²) in [5.41, 5.74) is 4.17. The monoisotopic (exact) mass is 354 g/mol. The number of nitrogens with zero attached hydrogens (tertiary/aromatic N) is 4. The van der Waals surface area contributed by atoms with Crippen LogP contribution in [0.15, 0.2) is 34.6 Å². The number of ketones is 1. The van der Waals surface area contributed by atoms with Crippen LogP contribution in [-0.4, -0.2) is 26.6 Å². The van der Waals surface area contributed by atoms with E-state index in [9.17, 15) is 9.59 Å². The average molecular weight is 354 g/mol. The van der Waals surface area contributed by atoms with Gasteiger partial charge in [0.15, 0.2) is 5.78 Å². The van der Waals surface area contributed by atoms with E-state index in [-0.39, 0.29) is 11.7 Å². The summed E-state index contributed by atoms with van der Waals surface area (Å²) in [4.78, 5) is 25.2. The molecule has 25 heavy (non-hydrogen) atoms. The minimum absolute atomic E-state index is 0.0850. The molecular formula is C18H18N4O2S. The Hall–Kier alpha value is -2.41. The van der Waals surface area contributed by atoms with E-state index in [4.69, 9.17) is 0 Å². The van der Waals surface area contributed by atoms with Gasteiger partial charge in [0, 0.05) is 12.5 Å². The van der Waals surface area contributed by atoms with Crippen LogP contribution in [0.2, 0.25) is 0 Å². The number of hydrogen-bond donors (Lipinski definition) is 0. The van der Waals surface area contributed by atoms with Crippen molar-refractivity contribution in [3.05, 3.63) is 46.1 Å². The first-order valence-electron chi connectivity index (χ1n) is 8.32. The number of fused-ring (bicyclic) bond motifs is 2. The topological polar surface area (TPSA) is 68.1 Å². The third kappa shape index (κ3) is 2.68. The quantitative estimate of drug-likeness (QED) is 0.829. The molecule has 6 nitrogen and oxygen atoms in total. The number of rotatable bonds is 2. The Morgan fingerprint density at radius 2 is 1.88 bits per heavy atom. The van der Waals surface area contributed by atoms with Crippen LogP contribution in [0, 0.1) is 0 Å². The Labute approximate surface area is 149 Å². The Bertz CT molecular complexity index is 916. The first-order valence-corrected chi connectivity index (χ1v) is 9.14. The molecule has 128 valence electrons. The van der Waals surface area contributed by atoms with Gasteiger partial charge >= 0.3 is 0 Å². The molecule has 0 fully saturated rings. The maximum Gasteiger partial charge on any atom is 0.243 e. The van der Waals surface area contributed by atoms with Gasteiger partial charge in [-0.2, -0.15) is 0 Å². The first-order chi connectivity index (χ1) is 12.1. The number of amides is 1. The fourth-order valence-corrected chi connectivity index (χ4v) is 4.39. The number of carbonyl (C=O) groups excluding carboxylic acids is 2. The number of Topliss-reactive ketones (excluding diaryl/α,β-unsaturated/α-hetero) is 1. The molecule has 1 aliphatic carbocycles. The van der Waals surface area contributed by atoms with Crippen LogP contribution < -0.4 is 5.01 Å². The molecule has 0 saturated heterocycles. The van der Waals surface area contributed by atoms with Crippen molar-refractivity contribution in [1.29, 1.82) is 0 Å². The lowest BCUT2D eigenvalue weighted by Crippen LogP contribution is -2.40. The van der Waals surface area contributed by atoms with Crippen LogP contribution in [0.1, 0.15) is 43.4 Å². The minimum Gasteiger partial charge on any atom is -0.294 e. The van der Waals surface area contributed by atoms with E-state index in [0.29, 0.717) is 15.8 Å². The van der Waals surface area contributed by atoms with E-state index in [1.807, 2.05) is 6.07 Å². The molecule has 4 rings (SSSR count). The maximum atomic E-state index is 12.4. The molecule has 2 aliphatic rings. The lowest BCUT2D eigenvalue weighted by atomic mass is 9.89. The smallest absolute Gasteiger partial charge is 0.243 e. The highest BCUT2D eigenvalue weighted by Gasteiger charge is 2.33. The van der Waals surface area contributed by atoms with Gasteiger partial charge in [-0.3, -0.25) is 9.59 Å². The molecule has 1 aromatic carbocycles. The molecule has 0 bridgehead atoms. The van der Waals surface area contributed by atoms with Crippen molar-refractivity contribution >= 4 is 29.1 Å². The van der Waals surface area contributed by atoms with Crippen LogP contribution in [0.4, 0.5) is 0 Å². The van der Waals surface area contributed by atoms with Gasteiger partial charge < -0.3 is 0 Å². The Balaban J connectivity index is 1.91. The highest BCUT2D eigenvalue weighted by Crippen LogP contribution is 2.39. The molecule has 0 atom stereocenters. The van der Waals surface area contributed by atoms with Gasteiger partial charge in [0.25, 0.3) is 0 Å². The van der Waals surface area contributed by atoms with E-state index < -0.39 is 0 Å². The Kier molecular flexibility index (Phi) is 3.95. The largest absolute Gasteiger partial charge is 0.294 e. The zero-order chi connectivity index (χ0) is 17.6. The lowest BCUT2D eigenvalue weighted by molar-refractivity contribution is -0.117. The second-order valence-electron chi connectivity index (χ2n) is 6.32. The van der Waals surface area contributed by atoms with Gasteiger partial charge in [-0.1, -0.05) is 12.1 Å². The predicted molar refractivity (Wildman–Crippen MR) is 95.5 cm³/mol. The summed E-state index contributed by atoms with van der Waals surface area (Å²) in [6, 6.07) is 6.26. The summed E-state index contributed by atoms with van der Waals surface area (Å²) >= 11 is 1.26. The molecular weight excluding hydrogens is 336 g/mol. The number of benzene rings is 1. The predicted octanol–water partition coefficient (Wildman–Crippen LogP) is 2.70. The van der Waals surface area contributed by atoms with E-state index >= 15 is 0 Å². The highest BCUT2D eigenvalue weighted by molar-refractivity contribution is 8.04. The van der Waals surface area contributed by atoms with Crippen LogP contribution >= 0.6 is 11.8 Å². The number of aromatic nitrogens is 3. The summed E-state index contributed by atoms with van der Waals surface area (Å²) in [5.74, 6) is -0.272. The molecule has 0 radical (unpaired) electrons. The molecule has 0 spiro atoms. The highest BCUT2D eigenvalue weighted by atomic mass is 32.2. The number of carbonyl (C=O) groups is 2. The number of allylic oxidation sites excluding steroid dienone is 1. The molecule has 0 unspecified atom stereocenters. The van der Waals surface area contributed by atoms with Crippen molar-refractivity contribution in [2.45, 2.75) is 44.7 Å². The molecule has 7 heteroatoms. The van der Waals surface area contributed by atoms with Crippen molar-refractivity contribution < 1.29 is 9.59 Å². The van der Waals surface area contributed by atoms with Gasteiger partial charge in [-0.25, -0.2) is 9.69 Å². The molecule has 0 saturated carbocycles. The van der Waals surface area contributed by atoms with Crippen molar-refractivity contribution in [2.75, 3.05) is 5.01 Å². The Morgan fingerprint density at radius 1 is 1.12 bits per heavy atom. The average Bonchev–Trinajstić information content (AvgIpc) is 3.07. The second kappa shape index (κ2) is 6.15. The summed E-state index contributed by atoms with van der Waals surface area (Å²) < 4.78 is 1.61. The summed E-state index contributed by atoms with van der Waals surface area (Å²) in [7, 11) is 0. The molecule has 1 aliphatic heterocycles. The third-order valence-corrected chi connectivity index (χ3v) is 5.71. The fourth-order valence-electron chi connectivity index (χ4n) is 3.45. The number of thioether (sulfide) groups is 1. The van der Waals surface area contributed by atoms with Crippen LogP contribution in [0.5, 0.6) is 0 Å². The summed E-state index contributed by atoms with van der Waals surface area (Å²) in [6.45, 7) is 3.00. The van der Waals surface area contributed by atoms with Crippen molar-refractivity contribution in [2.24, 2.45) is 0 Å². The molecule has 1 aromatic heterocycles. The van der Waals surface area contributed by atoms with Crippen LogP contribution in [0.25, 0.3) is 5.70 Å². The summed E-state index contributed by atoms with van der Waals surface area (Å²) in [5, 5.41) is 9.91. The van der Waals surface area contributed by atoms with Crippen molar-refractivity contribution in [1.82, 2.24) is 14.9 Å². The van der Waals surface area contributed by atoms with Gasteiger partial charge in [0.2, 0.25) is 11.1 Å². The second-order valence-corrected chi connectivity index (χ2v) is 7.29. The minimum atomic E-state index is -0.187. The third-order valence-electron chi connectivity index (χ3n) is 4.58. The van der Waals surface area contributed by atoms with Gasteiger partial charge in [-0.05, 0) is 61.6 Å². The molecule has 2 aromatic rings. The zero-order valence-electron chi connectivity index (χ0n) is 14.2. The van der Waals surface area contributed by atoms with Gasteiger partial charge in [-0.15, -0.1) is 10.2 Å². The lowest BCUT2D eigenvalue weighted by Gasteiger charge is -2.31. The number of hydrogen-bond acceptors (Lipinski definition) is 5. The first kappa shape index (κ1) is 16.1. The molecule has 2 heterocycles. The van der Waals surface area contributed by atoms with E-state index in [1.54, 1.807) is 4.68 Å². The van der Waals surface area contributed by atoms with Gasteiger partial charge in [0.05, 0.1) is 10.6 Å². The van der Waals surface area contributed by atoms with E-state index in [2.05, 4.69) is 22.3 Å². The molecule has 1 amide bonds. The van der Waals surface area contributed by atoms with Gasteiger partial charge in [0.1, 0.15) is 6.33 Å². The normalized spacial score (nSPS) is 16.5. The van der Waals surface area contributed by atoms with Crippen LogP contribution in [0.3, 0.4) is 0 Å².